The quantitative estimate of drug-likeness (QED) is 0.920. The molecule has 0 aliphatic carbocycles. The van der Waals surface area contributed by atoms with Gasteiger partial charge in [0.2, 0.25) is 0 Å². The molecule has 1 fully saturated rings. The van der Waals surface area contributed by atoms with Crippen LogP contribution in [0.15, 0.2) is 6.20 Å². The Hall–Kier alpha value is -0.870. The van der Waals surface area contributed by atoms with Crippen LogP contribution in [0, 0.1) is 18.8 Å². The van der Waals surface area contributed by atoms with E-state index in [1.54, 1.807) is 0 Å². The van der Waals surface area contributed by atoms with E-state index >= 15 is 0 Å². The summed E-state index contributed by atoms with van der Waals surface area (Å²) < 4.78 is 1.95. The van der Waals surface area contributed by atoms with E-state index in [4.69, 9.17) is 5.73 Å². The number of rotatable bonds is 4. The molecule has 1 aliphatic heterocycles. The fourth-order valence-corrected chi connectivity index (χ4v) is 3.44. The van der Waals surface area contributed by atoms with Crippen molar-refractivity contribution >= 4 is 0 Å². The molecule has 2 rings (SSSR count). The van der Waals surface area contributed by atoms with Crippen LogP contribution >= 0.6 is 0 Å². The molecule has 1 saturated heterocycles. The fourth-order valence-electron chi connectivity index (χ4n) is 3.44. The molecule has 2 heterocycles. The third-order valence-electron chi connectivity index (χ3n) is 5.05. The van der Waals surface area contributed by atoms with Crippen molar-refractivity contribution in [1.82, 2.24) is 14.7 Å². The Labute approximate surface area is 123 Å². The van der Waals surface area contributed by atoms with Gasteiger partial charge in [-0.2, -0.15) is 5.10 Å². The lowest BCUT2D eigenvalue weighted by molar-refractivity contribution is 0.203. The van der Waals surface area contributed by atoms with Crippen LogP contribution in [0.4, 0.5) is 0 Å². The SMILES string of the molecule is Cc1c(C(CN)N2CCCC(C(C)C)CC2)cnn1C. The number of nitrogens with two attached hydrogens (primary N) is 1. The first-order chi connectivity index (χ1) is 9.54. The summed E-state index contributed by atoms with van der Waals surface area (Å²) in [5.41, 5.74) is 8.63. The second kappa shape index (κ2) is 6.72. The van der Waals surface area contributed by atoms with Crippen molar-refractivity contribution in [1.29, 1.82) is 0 Å². The highest BCUT2D eigenvalue weighted by atomic mass is 15.3. The van der Waals surface area contributed by atoms with Gasteiger partial charge in [0.25, 0.3) is 0 Å². The Morgan fingerprint density at radius 2 is 2.10 bits per heavy atom. The van der Waals surface area contributed by atoms with E-state index in [0.29, 0.717) is 12.6 Å². The smallest absolute Gasteiger partial charge is 0.0540 e. The second-order valence-corrected chi connectivity index (χ2v) is 6.53. The van der Waals surface area contributed by atoms with Crippen LogP contribution in [0.25, 0.3) is 0 Å². The molecule has 2 atom stereocenters. The third kappa shape index (κ3) is 3.23. The first kappa shape index (κ1) is 15.5. The van der Waals surface area contributed by atoms with Gasteiger partial charge in [-0.1, -0.05) is 13.8 Å². The number of likely N-dealkylation sites (tertiary alicyclic amines) is 1. The molecule has 1 aromatic heterocycles. The van der Waals surface area contributed by atoms with Crippen LogP contribution in [0.2, 0.25) is 0 Å². The maximum Gasteiger partial charge on any atom is 0.0540 e. The molecule has 0 aromatic carbocycles. The van der Waals surface area contributed by atoms with Crippen LogP contribution in [0.5, 0.6) is 0 Å². The lowest BCUT2D eigenvalue weighted by atomic mass is 9.89. The van der Waals surface area contributed by atoms with Gasteiger partial charge in [-0.05, 0) is 51.1 Å². The molecule has 1 aliphatic rings. The van der Waals surface area contributed by atoms with E-state index in [1.165, 1.54) is 43.6 Å². The molecule has 0 bridgehead atoms. The maximum absolute atomic E-state index is 6.08. The molecule has 114 valence electrons. The van der Waals surface area contributed by atoms with Crippen LogP contribution in [0.3, 0.4) is 0 Å². The number of nitrogens with zero attached hydrogens (tertiary/aromatic N) is 3. The Balaban J connectivity index is 2.10. The minimum atomic E-state index is 0.328. The molecule has 0 radical (unpaired) electrons. The van der Waals surface area contributed by atoms with Gasteiger partial charge in [0.05, 0.1) is 12.2 Å². The van der Waals surface area contributed by atoms with Crippen molar-refractivity contribution in [3.8, 4) is 0 Å². The zero-order chi connectivity index (χ0) is 14.7. The van der Waals surface area contributed by atoms with Crippen LogP contribution in [-0.4, -0.2) is 34.3 Å². The average Bonchev–Trinajstić information content (AvgIpc) is 2.66. The summed E-state index contributed by atoms with van der Waals surface area (Å²) >= 11 is 0. The van der Waals surface area contributed by atoms with Gasteiger partial charge in [0.1, 0.15) is 0 Å². The zero-order valence-corrected chi connectivity index (χ0v) is 13.5. The normalized spacial score (nSPS) is 23.0. The average molecular weight is 278 g/mol. The molecule has 0 spiro atoms. The number of hydrogen-bond donors (Lipinski definition) is 1. The topological polar surface area (TPSA) is 47.1 Å². The van der Waals surface area contributed by atoms with E-state index in [-0.39, 0.29) is 0 Å². The minimum Gasteiger partial charge on any atom is -0.329 e. The number of aromatic nitrogens is 2. The summed E-state index contributed by atoms with van der Waals surface area (Å²) in [6.07, 6.45) is 5.95. The molecular weight excluding hydrogens is 248 g/mol. The van der Waals surface area contributed by atoms with Crippen LogP contribution in [0.1, 0.15) is 50.4 Å². The Morgan fingerprint density at radius 1 is 1.35 bits per heavy atom. The monoisotopic (exact) mass is 278 g/mol. The highest BCUT2D eigenvalue weighted by Crippen LogP contribution is 2.29. The Kier molecular flexibility index (Phi) is 5.22. The molecule has 2 unspecified atom stereocenters. The number of hydrogen-bond acceptors (Lipinski definition) is 3. The van der Waals surface area contributed by atoms with Crippen molar-refractivity contribution < 1.29 is 0 Å². The summed E-state index contributed by atoms with van der Waals surface area (Å²) in [6, 6.07) is 0.328. The summed E-state index contributed by atoms with van der Waals surface area (Å²) in [5.74, 6) is 1.67. The van der Waals surface area contributed by atoms with Gasteiger partial charge in [-0.15, -0.1) is 0 Å². The van der Waals surface area contributed by atoms with E-state index in [1.807, 2.05) is 17.9 Å². The molecule has 20 heavy (non-hydrogen) atoms. The van der Waals surface area contributed by atoms with E-state index in [0.717, 1.165) is 11.8 Å². The summed E-state index contributed by atoms with van der Waals surface area (Å²) in [4.78, 5) is 2.58. The van der Waals surface area contributed by atoms with Crippen molar-refractivity contribution in [2.24, 2.45) is 24.6 Å². The van der Waals surface area contributed by atoms with Gasteiger partial charge in [-0.3, -0.25) is 9.58 Å². The van der Waals surface area contributed by atoms with Gasteiger partial charge in [-0.25, -0.2) is 0 Å². The lowest BCUT2D eigenvalue weighted by Crippen LogP contribution is -2.35. The molecule has 0 saturated carbocycles. The molecule has 4 heteroatoms. The predicted octanol–water partition coefficient (Wildman–Crippen LogP) is 2.49. The van der Waals surface area contributed by atoms with E-state index in [2.05, 4.69) is 30.8 Å². The number of aryl methyl sites for hydroxylation is 1. The Bertz CT molecular complexity index is 424. The first-order valence-corrected chi connectivity index (χ1v) is 7.97. The largest absolute Gasteiger partial charge is 0.329 e. The van der Waals surface area contributed by atoms with E-state index < -0.39 is 0 Å². The van der Waals surface area contributed by atoms with E-state index in [9.17, 15) is 0 Å². The van der Waals surface area contributed by atoms with Gasteiger partial charge < -0.3 is 5.73 Å². The molecular formula is C16H30N4. The van der Waals surface area contributed by atoms with Gasteiger partial charge in [0, 0.05) is 24.8 Å². The first-order valence-electron chi connectivity index (χ1n) is 7.97. The second-order valence-electron chi connectivity index (χ2n) is 6.53. The molecule has 2 N–H and O–H groups in total. The van der Waals surface area contributed by atoms with Crippen molar-refractivity contribution in [3.63, 3.8) is 0 Å². The van der Waals surface area contributed by atoms with Crippen LogP contribution in [-0.2, 0) is 7.05 Å². The maximum atomic E-state index is 6.08. The van der Waals surface area contributed by atoms with Gasteiger partial charge in [0.15, 0.2) is 0 Å². The van der Waals surface area contributed by atoms with Gasteiger partial charge >= 0.3 is 0 Å². The molecule has 4 nitrogen and oxygen atoms in total. The van der Waals surface area contributed by atoms with Crippen molar-refractivity contribution in [2.45, 2.75) is 46.1 Å². The predicted molar refractivity (Wildman–Crippen MR) is 83.5 cm³/mol. The highest BCUT2D eigenvalue weighted by molar-refractivity contribution is 5.21. The van der Waals surface area contributed by atoms with Crippen molar-refractivity contribution in [2.75, 3.05) is 19.6 Å². The zero-order valence-electron chi connectivity index (χ0n) is 13.5. The molecule has 1 aromatic rings. The fraction of sp³-hybridized carbons (Fsp3) is 0.812. The van der Waals surface area contributed by atoms with Crippen molar-refractivity contribution in [3.05, 3.63) is 17.5 Å². The standard InChI is InChI=1S/C16H30N4/c1-12(2)14-6-5-8-20(9-7-14)16(10-17)15-11-18-19(4)13(15)3/h11-12,14,16H,5-10,17H2,1-4H3. The third-order valence-corrected chi connectivity index (χ3v) is 5.05. The summed E-state index contributed by atoms with van der Waals surface area (Å²) in [7, 11) is 2.00. The lowest BCUT2D eigenvalue weighted by Gasteiger charge is -2.30. The summed E-state index contributed by atoms with van der Waals surface area (Å²) in [6.45, 7) is 9.86. The molecule has 0 amide bonds. The minimum absolute atomic E-state index is 0.328. The Morgan fingerprint density at radius 3 is 2.65 bits per heavy atom. The van der Waals surface area contributed by atoms with Crippen LogP contribution < -0.4 is 5.73 Å². The highest BCUT2D eigenvalue weighted by Gasteiger charge is 2.26. The summed E-state index contributed by atoms with van der Waals surface area (Å²) in [5, 5.41) is 4.38.